The van der Waals surface area contributed by atoms with Crippen molar-refractivity contribution in [3.63, 3.8) is 0 Å². The van der Waals surface area contributed by atoms with Gasteiger partial charge in [0, 0.05) is 30.7 Å². The highest BCUT2D eigenvalue weighted by molar-refractivity contribution is 7.80. The van der Waals surface area contributed by atoms with Crippen LogP contribution in [-0.2, 0) is 49.8 Å². The largest absolute Gasteiger partial charge is 0.755 e. The zero-order valence-corrected chi connectivity index (χ0v) is 28.3. The lowest BCUT2D eigenvalue weighted by Gasteiger charge is -2.33. The Bertz CT molecular complexity index is 1750. The number of hydrogen-bond donors (Lipinski definition) is 3. The number of rotatable bonds is 16. The Morgan fingerprint density at radius 2 is 1.27 bits per heavy atom. The monoisotopic (exact) mass is 683 g/mol. The standard InChI is InChI=1S/C37H40N4O7S/c1-25-12-10-11-17-33(25)41(49(46)47)26(2)35(43)40-32(23-28-18-20-30(48-3)21-19-28)36(44)39-31(22-27-13-6-4-7-14-27)34(42)37(45)38-24-29-15-8-5-9-16-29/h4-21,26,31-32H,22-24H2,1-3H3,(H,38,45)(H,39,44)(H,40,43)(H,46,47)/p-1/t26-,31-,32-/m0/s1. The third-order valence-corrected chi connectivity index (χ3v) is 8.75. The number of aryl methyl sites for hydroxylation is 1. The van der Waals surface area contributed by atoms with Crippen LogP contribution in [0.15, 0.2) is 109 Å². The lowest BCUT2D eigenvalue weighted by Crippen LogP contribution is -2.57. The van der Waals surface area contributed by atoms with E-state index in [1.54, 1.807) is 79.7 Å². The first-order valence-electron chi connectivity index (χ1n) is 15.6. The SMILES string of the molecule is COc1ccc(C[C@H](NC(=O)[C@H](C)N(c2ccccc2C)S(=O)[O-])C(=O)N[C@@H](Cc2ccccc2)C(=O)C(=O)NCc2ccccc2)cc1. The number of hydrogen-bond acceptors (Lipinski definition) is 7. The molecule has 4 atom stereocenters. The van der Waals surface area contributed by atoms with Gasteiger partial charge < -0.3 is 25.2 Å². The molecule has 12 heteroatoms. The fourth-order valence-electron chi connectivity index (χ4n) is 5.19. The Morgan fingerprint density at radius 1 is 0.735 bits per heavy atom. The molecule has 4 aromatic carbocycles. The van der Waals surface area contributed by atoms with Gasteiger partial charge in [0.25, 0.3) is 5.91 Å². The second kappa shape index (κ2) is 17.7. The molecule has 0 aromatic heterocycles. The number of ether oxygens (including phenoxy) is 1. The molecule has 0 aliphatic carbocycles. The van der Waals surface area contributed by atoms with E-state index in [1.165, 1.54) is 14.0 Å². The average molecular weight is 684 g/mol. The fraction of sp³-hybridized carbons (Fsp3) is 0.243. The molecule has 0 saturated heterocycles. The van der Waals surface area contributed by atoms with E-state index in [4.69, 9.17) is 4.74 Å². The van der Waals surface area contributed by atoms with Crippen LogP contribution in [0.2, 0.25) is 0 Å². The smallest absolute Gasteiger partial charge is 0.289 e. The Balaban J connectivity index is 1.59. The van der Waals surface area contributed by atoms with Crippen molar-refractivity contribution in [1.29, 1.82) is 0 Å². The van der Waals surface area contributed by atoms with Crippen LogP contribution in [0.1, 0.15) is 29.2 Å². The molecular formula is C37H39N4O7S-. The van der Waals surface area contributed by atoms with Gasteiger partial charge in [-0.05, 0) is 54.3 Å². The molecule has 0 heterocycles. The van der Waals surface area contributed by atoms with E-state index in [2.05, 4.69) is 16.0 Å². The van der Waals surface area contributed by atoms with Gasteiger partial charge in [0.1, 0.15) is 23.9 Å². The average Bonchev–Trinajstić information content (AvgIpc) is 3.11. The number of nitrogens with zero attached hydrogens (tertiary/aromatic N) is 1. The number of carbonyl (C=O) groups is 4. The number of para-hydroxylation sites is 1. The first kappa shape index (κ1) is 36.5. The minimum absolute atomic E-state index is 0.00837. The molecule has 0 fully saturated rings. The summed E-state index contributed by atoms with van der Waals surface area (Å²) in [4.78, 5) is 54.3. The van der Waals surface area contributed by atoms with E-state index in [0.29, 0.717) is 28.1 Å². The van der Waals surface area contributed by atoms with Crippen LogP contribution in [0.4, 0.5) is 5.69 Å². The molecule has 3 amide bonds. The molecule has 1 unspecified atom stereocenters. The summed E-state index contributed by atoms with van der Waals surface area (Å²) in [5.41, 5.74) is 3.09. The maximum absolute atomic E-state index is 14.0. The lowest BCUT2D eigenvalue weighted by atomic mass is 9.99. The second-order valence-corrected chi connectivity index (χ2v) is 12.2. The number of ketones is 1. The zero-order chi connectivity index (χ0) is 35.3. The summed E-state index contributed by atoms with van der Waals surface area (Å²) in [6, 6.07) is 27.8. The first-order valence-corrected chi connectivity index (χ1v) is 16.7. The Hall–Kier alpha value is -5.33. The maximum Gasteiger partial charge on any atom is 0.289 e. The van der Waals surface area contributed by atoms with Crippen LogP contribution in [0.3, 0.4) is 0 Å². The van der Waals surface area contributed by atoms with Gasteiger partial charge >= 0.3 is 0 Å². The Kier molecular flexibility index (Phi) is 13.2. The molecule has 0 radical (unpaired) electrons. The highest BCUT2D eigenvalue weighted by Gasteiger charge is 2.33. The van der Waals surface area contributed by atoms with Gasteiger partial charge in [-0.15, -0.1) is 0 Å². The summed E-state index contributed by atoms with van der Waals surface area (Å²) in [5.74, 6) is -2.62. The first-order chi connectivity index (χ1) is 23.6. The van der Waals surface area contributed by atoms with Gasteiger partial charge in [0.05, 0.1) is 12.8 Å². The summed E-state index contributed by atoms with van der Waals surface area (Å²) in [5, 5.41) is 8.02. The normalized spacial score (nSPS) is 13.2. The van der Waals surface area contributed by atoms with Crippen molar-refractivity contribution in [1.82, 2.24) is 16.0 Å². The molecule has 256 valence electrons. The van der Waals surface area contributed by atoms with Crippen LogP contribution >= 0.6 is 0 Å². The van der Waals surface area contributed by atoms with Gasteiger partial charge in [0.15, 0.2) is 0 Å². The number of methoxy groups -OCH3 is 1. The predicted molar refractivity (Wildman–Crippen MR) is 186 cm³/mol. The summed E-state index contributed by atoms with van der Waals surface area (Å²) < 4.78 is 30.9. The fourth-order valence-corrected chi connectivity index (χ4v) is 5.91. The van der Waals surface area contributed by atoms with Crippen molar-refractivity contribution >= 4 is 40.5 Å². The van der Waals surface area contributed by atoms with E-state index in [1.807, 2.05) is 36.4 Å². The van der Waals surface area contributed by atoms with Crippen molar-refractivity contribution in [3.8, 4) is 5.75 Å². The third-order valence-electron chi connectivity index (χ3n) is 7.91. The number of anilines is 1. The molecule has 4 rings (SSSR count). The van der Waals surface area contributed by atoms with Gasteiger partial charge in [0.2, 0.25) is 17.6 Å². The molecule has 0 saturated carbocycles. The van der Waals surface area contributed by atoms with Crippen molar-refractivity contribution in [2.75, 3.05) is 11.4 Å². The number of benzene rings is 4. The minimum atomic E-state index is -2.82. The van der Waals surface area contributed by atoms with E-state index in [9.17, 15) is 27.9 Å². The molecule has 0 aliphatic rings. The third kappa shape index (κ3) is 10.3. The molecule has 0 aliphatic heterocycles. The number of Topliss-reactive ketones (excluding diaryl/α,β-unsaturated/α-hetero) is 1. The van der Waals surface area contributed by atoms with Crippen LogP contribution in [0.25, 0.3) is 0 Å². The molecule has 0 bridgehead atoms. The summed E-state index contributed by atoms with van der Waals surface area (Å²) in [7, 11) is 1.52. The molecule has 11 nitrogen and oxygen atoms in total. The number of nitrogens with one attached hydrogen (secondary N) is 3. The van der Waals surface area contributed by atoms with E-state index >= 15 is 0 Å². The topological polar surface area (TPSA) is 157 Å². The highest BCUT2D eigenvalue weighted by atomic mass is 32.2. The van der Waals surface area contributed by atoms with Crippen LogP contribution in [0.5, 0.6) is 5.75 Å². The van der Waals surface area contributed by atoms with Crippen molar-refractivity contribution in [2.24, 2.45) is 0 Å². The van der Waals surface area contributed by atoms with Crippen LogP contribution in [0, 0.1) is 6.92 Å². The number of carbonyl (C=O) groups excluding carboxylic acids is 4. The Labute approximate surface area is 288 Å². The van der Waals surface area contributed by atoms with E-state index in [0.717, 1.165) is 9.87 Å². The van der Waals surface area contributed by atoms with Crippen LogP contribution < -0.4 is 25.0 Å². The van der Waals surface area contributed by atoms with Gasteiger partial charge in [-0.3, -0.25) is 27.7 Å². The predicted octanol–water partition coefficient (Wildman–Crippen LogP) is 3.33. The molecular weight excluding hydrogens is 644 g/mol. The molecule has 0 spiro atoms. The Morgan fingerprint density at radius 3 is 1.86 bits per heavy atom. The van der Waals surface area contributed by atoms with E-state index in [-0.39, 0.29) is 19.4 Å². The van der Waals surface area contributed by atoms with Crippen molar-refractivity contribution < 1.29 is 32.7 Å². The molecule has 3 N–H and O–H groups in total. The minimum Gasteiger partial charge on any atom is -0.755 e. The summed E-state index contributed by atoms with van der Waals surface area (Å²) in [6.45, 7) is 3.25. The molecule has 49 heavy (non-hydrogen) atoms. The molecule has 4 aromatic rings. The van der Waals surface area contributed by atoms with Gasteiger partial charge in [-0.25, -0.2) is 0 Å². The van der Waals surface area contributed by atoms with Gasteiger partial charge in [-0.2, -0.15) is 0 Å². The zero-order valence-electron chi connectivity index (χ0n) is 27.5. The number of amides is 3. The van der Waals surface area contributed by atoms with Gasteiger partial charge in [-0.1, -0.05) is 91.0 Å². The van der Waals surface area contributed by atoms with Crippen molar-refractivity contribution in [3.05, 3.63) is 131 Å². The van der Waals surface area contributed by atoms with E-state index < -0.39 is 52.9 Å². The second-order valence-electron chi connectivity index (χ2n) is 11.4. The van der Waals surface area contributed by atoms with Crippen LogP contribution in [-0.4, -0.2) is 57.5 Å². The van der Waals surface area contributed by atoms with Crippen molar-refractivity contribution in [2.45, 2.75) is 51.4 Å². The summed E-state index contributed by atoms with van der Waals surface area (Å²) >= 11 is -2.82. The quantitative estimate of drug-likeness (QED) is 0.121. The summed E-state index contributed by atoms with van der Waals surface area (Å²) in [6.07, 6.45) is 0.00552. The highest BCUT2D eigenvalue weighted by Crippen LogP contribution is 2.23. The lowest BCUT2D eigenvalue weighted by molar-refractivity contribution is -0.140. The maximum atomic E-state index is 14.0.